The molecule has 0 bridgehead atoms. The predicted octanol–water partition coefficient (Wildman–Crippen LogP) is 3.21. The van der Waals surface area contributed by atoms with E-state index >= 15 is 0 Å². The highest BCUT2D eigenvalue weighted by atomic mass is 16.5. The van der Waals surface area contributed by atoms with Crippen molar-refractivity contribution in [2.24, 2.45) is 11.8 Å². The van der Waals surface area contributed by atoms with E-state index in [1.54, 1.807) is 7.11 Å². The maximum absolute atomic E-state index is 11.0. The zero-order valence-electron chi connectivity index (χ0n) is 10.7. The molecule has 96 valence electrons. The zero-order chi connectivity index (χ0) is 13.1. The molecular formula is C15H18O3. The van der Waals surface area contributed by atoms with E-state index < -0.39 is 5.97 Å². The molecule has 3 nitrogen and oxygen atoms in total. The molecule has 1 aromatic carbocycles. The predicted molar refractivity (Wildman–Crippen MR) is 70.5 cm³/mol. The molecule has 0 heterocycles. The number of carboxylic acid groups (broad SMARTS) is 1. The van der Waals surface area contributed by atoms with Gasteiger partial charge in [0.25, 0.3) is 0 Å². The first-order valence-electron chi connectivity index (χ1n) is 6.19. The molecule has 3 heteroatoms. The lowest BCUT2D eigenvalue weighted by Gasteiger charge is -2.24. The molecule has 1 aliphatic rings. The zero-order valence-corrected chi connectivity index (χ0v) is 10.7. The third-order valence-corrected chi connectivity index (χ3v) is 3.60. The average Bonchev–Trinajstić information content (AvgIpc) is 2.38. The summed E-state index contributed by atoms with van der Waals surface area (Å²) in [7, 11) is 1.65. The molecule has 18 heavy (non-hydrogen) atoms. The van der Waals surface area contributed by atoms with Crippen molar-refractivity contribution in [3.8, 4) is 5.75 Å². The summed E-state index contributed by atoms with van der Waals surface area (Å²) in [5, 5.41) is 9.09. The first-order valence-corrected chi connectivity index (χ1v) is 6.19. The van der Waals surface area contributed by atoms with Crippen LogP contribution in [-0.4, -0.2) is 18.2 Å². The summed E-state index contributed by atoms with van der Waals surface area (Å²) in [5.41, 5.74) is 2.40. The van der Waals surface area contributed by atoms with E-state index in [0.717, 1.165) is 17.7 Å². The van der Waals surface area contributed by atoms with Crippen molar-refractivity contribution in [2.45, 2.75) is 19.8 Å². The second kappa shape index (κ2) is 5.25. The number of benzene rings is 1. The third kappa shape index (κ3) is 2.55. The molecule has 0 aliphatic heterocycles. The second-order valence-electron chi connectivity index (χ2n) is 4.76. The number of ether oxygens (including phenoxy) is 1. The molecule has 2 atom stereocenters. The number of allylic oxidation sites excluding steroid dienone is 2. The van der Waals surface area contributed by atoms with Crippen LogP contribution in [-0.2, 0) is 4.79 Å². The van der Waals surface area contributed by atoms with Gasteiger partial charge < -0.3 is 9.84 Å². The maximum Gasteiger partial charge on any atom is 0.307 e. The van der Waals surface area contributed by atoms with Gasteiger partial charge in [-0.3, -0.25) is 4.79 Å². The van der Waals surface area contributed by atoms with Crippen LogP contribution in [0.3, 0.4) is 0 Å². The number of methoxy groups -OCH3 is 1. The molecule has 1 aromatic rings. The molecular weight excluding hydrogens is 228 g/mol. The van der Waals surface area contributed by atoms with E-state index in [0.29, 0.717) is 6.42 Å². The Morgan fingerprint density at radius 2 is 2.00 bits per heavy atom. The fraction of sp³-hybridized carbons (Fsp3) is 0.400. The molecule has 0 saturated carbocycles. The van der Waals surface area contributed by atoms with Crippen molar-refractivity contribution >= 4 is 11.5 Å². The van der Waals surface area contributed by atoms with Crippen LogP contribution in [0.15, 0.2) is 30.3 Å². The van der Waals surface area contributed by atoms with Gasteiger partial charge in [-0.15, -0.1) is 0 Å². The largest absolute Gasteiger partial charge is 0.497 e. The van der Waals surface area contributed by atoms with Gasteiger partial charge in [0.2, 0.25) is 0 Å². The third-order valence-electron chi connectivity index (χ3n) is 3.60. The average molecular weight is 246 g/mol. The van der Waals surface area contributed by atoms with E-state index in [1.165, 1.54) is 5.57 Å². The fourth-order valence-corrected chi connectivity index (χ4v) is 2.48. The van der Waals surface area contributed by atoms with Crippen molar-refractivity contribution in [1.82, 2.24) is 0 Å². The second-order valence-corrected chi connectivity index (χ2v) is 4.76. The van der Waals surface area contributed by atoms with Gasteiger partial charge in [0, 0.05) is 0 Å². The van der Waals surface area contributed by atoms with Crippen LogP contribution in [0.4, 0.5) is 0 Å². The molecule has 1 N–H and O–H groups in total. The van der Waals surface area contributed by atoms with Crippen LogP contribution in [0, 0.1) is 11.8 Å². The Bertz CT molecular complexity index is 459. The maximum atomic E-state index is 11.0. The van der Waals surface area contributed by atoms with Crippen LogP contribution in [0.25, 0.3) is 5.57 Å². The highest BCUT2D eigenvalue weighted by Crippen LogP contribution is 2.34. The molecule has 0 spiro atoms. The number of hydrogen-bond donors (Lipinski definition) is 1. The smallest absolute Gasteiger partial charge is 0.307 e. The molecule has 0 saturated heterocycles. The van der Waals surface area contributed by atoms with Gasteiger partial charge in [-0.05, 0) is 42.0 Å². The lowest BCUT2D eigenvalue weighted by atomic mass is 9.80. The van der Waals surface area contributed by atoms with E-state index in [2.05, 4.69) is 6.08 Å². The van der Waals surface area contributed by atoms with Crippen molar-refractivity contribution in [2.75, 3.05) is 7.11 Å². The van der Waals surface area contributed by atoms with Crippen LogP contribution < -0.4 is 4.74 Å². The Morgan fingerprint density at radius 3 is 2.50 bits per heavy atom. The summed E-state index contributed by atoms with van der Waals surface area (Å²) in [6.45, 7) is 1.97. The Hall–Kier alpha value is -1.77. The van der Waals surface area contributed by atoms with E-state index in [9.17, 15) is 4.79 Å². The lowest BCUT2D eigenvalue weighted by molar-refractivity contribution is -0.143. The normalized spacial score (nSPS) is 23.3. The van der Waals surface area contributed by atoms with E-state index in [4.69, 9.17) is 9.84 Å². The van der Waals surface area contributed by atoms with Crippen molar-refractivity contribution in [1.29, 1.82) is 0 Å². The van der Waals surface area contributed by atoms with Crippen LogP contribution in [0.2, 0.25) is 0 Å². The molecule has 0 amide bonds. The van der Waals surface area contributed by atoms with Crippen molar-refractivity contribution < 1.29 is 14.6 Å². The molecule has 0 fully saturated rings. The Morgan fingerprint density at radius 1 is 1.33 bits per heavy atom. The highest BCUT2D eigenvalue weighted by Gasteiger charge is 2.27. The number of hydrogen-bond acceptors (Lipinski definition) is 2. The Labute approximate surface area is 107 Å². The van der Waals surface area contributed by atoms with Gasteiger partial charge in [-0.1, -0.05) is 25.1 Å². The molecule has 2 rings (SSSR count). The Balaban J connectivity index is 2.19. The fourth-order valence-electron chi connectivity index (χ4n) is 2.48. The lowest BCUT2D eigenvalue weighted by Crippen LogP contribution is -2.23. The molecule has 0 radical (unpaired) electrons. The van der Waals surface area contributed by atoms with Gasteiger partial charge in [-0.2, -0.15) is 0 Å². The van der Waals surface area contributed by atoms with Crippen LogP contribution in [0.5, 0.6) is 5.75 Å². The summed E-state index contributed by atoms with van der Waals surface area (Å²) in [5.74, 6) is -0.000462. The molecule has 0 unspecified atom stereocenters. The minimum absolute atomic E-state index is 0.0911. The summed E-state index contributed by atoms with van der Waals surface area (Å²) in [6.07, 6.45) is 3.63. The molecule has 1 aliphatic carbocycles. The summed E-state index contributed by atoms with van der Waals surface area (Å²) in [4.78, 5) is 11.0. The number of carbonyl (C=O) groups is 1. The Kier molecular flexibility index (Phi) is 3.70. The van der Waals surface area contributed by atoms with Gasteiger partial charge in [0.05, 0.1) is 13.0 Å². The van der Waals surface area contributed by atoms with E-state index in [1.807, 2.05) is 31.2 Å². The quantitative estimate of drug-likeness (QED) is 0.890. The van der Waals surface area contributed by atoms with Gasteiger partial charge >= 0.3 is 5.97 Å². The van der Waals surface area contributed by atoms with Gasteiger partial charge in [-0.25, -0.2) is 0 Å². The van der Waals surface area contributed by atoms with E-state index in [-0.39, 0.29) is 11.8 Å². The van der Waals surface area contributed by atoms with Crippen molar-refractivity contribution in [3.05, 3.63) is 35.9 Å². The first-order chi connectivity index (χ1) is 8.61. The SMILES string of the molecule is COc1ccc(C2=C[C@@H](C)[C@H](C(=O)O)CC2)cc1. The number of carboxylic acids is 1. The monoisotopic (exact) mass is 246 g/mol. The summed E-state index contributed by atoms with van der Waals surface area (Å²) in [6, 6.07) is 7.92. The standard InChI is InChI=1S/C15H18O3/c1-10-9-12(5-8-14(10)15(16)17)11-3-6-13(18-2)7-4-11/h3-4,6-7,9-10,14H,5,8H2,1-2H3,(H,16,17)/t10-,14-/m1/s1. The molecule has 0 aromatic heterocycles. The van der Waals surface area contributed by atoms with Gasteiger partial charge in [0.15, 0.2) is 0 Å². The van der Waals surface area contributed by atoms with Crippen LogP contribution in [0.1, 0.15) is 25.3 Å². The topological polar surface area (TPSA) is 46.5 Å². The first kappa shape index (κ1) is 12.7. The number of aliphatic carboxylic acids is 1. The minimum atomic E-state index is -0.687. The minimum Gasteiger partial charge on any atom is -0.497 e. The van der Waals surface area contributed by atoms with Gasteiger partial charge in [0.1, 0.15) is 5.75 Å². The summed E-state index contributed by atoms with van der Waals surface area (Å²) < 4.78 is 5.13. The highest BCUT2D eigenvalue weighted by molar-refractivity contribution is 5.74. The van der Waals surface area contributed by atoms with Crippen molar-refractivity contribution in [3.63, 3.8) is 0 Å². The summed E-state index contributed by atoms with van der Waals surface area (Å²) >= 11 is 0. The number of rotatable bonds is 3. The van der Waals surface area contributed by atoms with Crippen LogP contribution >= 0.6 is 0 Å².